The second-order valence-electron chi connectivity index (χ2n) is 3.88. The quantitative estimate of drug-likeness (QED) is 0.843. The highest BCUT2D eigenvalue weighted by atomic mass is 35.5. The number of carboxylic acids is 1. The van der Waals surface area contributed by atoms with E-state index in [4.69, 9.17) is 16.7 Å². The number of halogens is 1. The first-order valence-corrected chi connectivity index (χ1v) is 7.96. The van der Waals surface area contributed by atoms with E-state index in [1.165, 1.54) is 12.1 Å². The topological polar surface area (TPSA) is 83.5 Å². The zero-order chi connectivity index (χ0) is 13.9. The van der Waals surface area contributed by atoms with Crippen LogP contribution in [0.2, 0.25) is 4.34 Å². The standard InChI is InChI=1S/C10H14ClNO4S2/c1-3-6(2)9(10(13)14)12-18(15,16)8-5-4-7(11)17-8/h4-6,9,12H,3H2,1-2H3,(H,13,14)/t6-,9-/m0/s1. The van der Waals surface area contributed by atoms with Crippen molar-refractivity contribution < 1.29 is 18.3 Å². The van der Waals surface area contributed by atoms with Crippen LogP contribution in [-0.2, 0) is 14.8 Å². The molecule has 0 saturated carbocycles. The first kappa shape index (κ1) is 15.4. The van der Waals surface area contributed by atoms with Crippen molar-refractivity contribution in [3.8, 4) is 0 Å². The van der Waals surface area contributed by atoms with Gasteiger partial charge in [-0.15, -0.1) is 11.3 Å². The van der Waals surface area contributed by atoms with Crippen LogP contribution in [0.5, 0.6) is 0 Å². The predicted octanol–water partition coefficient (Wildman–Crippen LogP) is 2.18. The Morgan fingerprint density at radius 2 is 2.17 bits per heavy atom. The van der Waals surface area contributed by atoms with Crippen LogP contribution in [-0.4, -0.2) is 25.5 Å². The van der Waals surface area contributed by atoms with E-state index >= 15 is 0 Å². The maximum atomic E-state index is 12.0. The third-order valence-electron chi connectivity index (χ3n) is 2.57. The highest BCUT2D eigenvalue weighted by Gasteiger charge is 2.30. The van der Waals surface area contributed by atoms with Crippen LogP contribution in [0.1, 0.15) is 20.3 Å². The van der Waals surface area contributed by atoms with E-state index < -0.39 is 22.0 Å². The second kappa shape index (κ2) is 6.01. The van der Waals surface area contributed by atoms with Crippen molar-refractivity contribution >= 4 is 38.9 Å². The molecule has 0 amide bonds. The zero-order valence-electron chi connectivity index (χ0n) is 9.88. The summed E-state index contributed by atoms with van der Waals surface area (Å²) in [6.45, 7) is 3.49. The molecule has 1 rings (SSSR count). The lowest BCUT2D eigenvalue weighted by Gasteiger charge is -2.19. The van der Waals surface area contributed by atoms with Gasteiger partial charge in [0.1, 0.15) is 10.3 Å². The Balaban J connectivity index is 2.96. The molecule has 5 nitrogen and oxygen atoms in total. The Kier molecular flexibility index (Phi) is 5.15. The molecule has 0 radical (unpaired) electrons. The van der Waals surface area contributed by atoms with E-state index in [1.807, 2.05) is 0 Å². The molecule has 1 aromatic heterocycles. The summed E-state index contributed by atoms with van der Waals surface area (Å²) in [4.78, 5) is 11.1. The molecule has 0 fully saturated rings. The number of nitrogens with one attached hydrogen (secondary N) is 1. The van der Waals surface area contributed by atoms with E-state index in [0.29, 0.717) is 10.8 Å². The fourth-order valence-electron chi connectivity index (χ4n) is 1.31. The summed E-state index contributed by atoms with van der Waals surface area (Å²) in [5.74, 6) is -1.48. The smallest absolute Gasteiger partial charge is 0.322 e. The lowest BCUT2D eigenvalue weighted by molar-refractivity contribution is -0.140. The van der Waals surface area contributed by atoms with Gasteiger partial charge < -0.3 is 5.11 Å². The van der Waals surface area contributed by atoms with Gasteiger partial charge in [-0.1, -0.05) is 31.9 Å². The van der Waals surface area contributed by atoms with Crippen LogP contribution in [0.25, 0.3) is 0 Å². The SMILES string of the molecule is CC[C@H](C)[C@H](NS(=O)(=O)c1ccc(Cl)s1)C(=O)O. The highest BCUT2D eigenvalue weighted by Crippen LogP contribution is 2.26. The summed E-state index contributed by atoms with van der Waals surface area (Å²) in [6.07, 6.45) is 0.560. The minimum absolute atomic E-state index is 0.0158. The van der Waals surface area contributed by atoms with Crippen LogP contribution in [0.3, 0.4) is 0 Å². The van der Waals surface area contributed by atoms with E-state index in [2.05, 4.69) is 4.72 Å². The summed E-state index contributed by atoms with van der Waals surface area (Å²) in [5, 5.41) is 9.04. The Hall–Kier alpha value is -0.630. The summed E-state index contributed by atoms with van der Waals surface area (Å²) in [5.41, 5.74) is 0. The Bertz CT molecular complexity index is 526. The molecule has 0 aromatic carbocycles. The zero-order valence-corrected chi connectivity index (χ0v) is 12.3. The molecule has 0 unspecified atom stereocenters. The van der Waals surface area contributed by atoms with E-state index in [0.717, 1.165) is 11.3 Å². The Labute approximate surface area is 115 Å². The van der Waals surface area contributed by atoms with Gasteiger partial charge in [-0.3, -0.25) is 4.79 Å². The summed E-state index contributed by atoms with van der Waals surface area (Å²) < 4.78 is 26.5. The first-order valence-electron chi connectivity index (χ1n) is 5.28. The number of aliphatic carboxylic acids is 1. The van der Waals surface area contributed by atoms with Gasteiger partial charge in [-0.05, 0) is 18.1 Å². The van der Waals surface area contributed by atoms with Crippen molar-refractivity contribution in [2.75, 3.05) is 0 Å². The van der Waals surface area contributed by atoms with E-state index in [9.17, 15) is 13.2 Å². The normalized spacial score (nSPS) is 15.3. The number of rotatable bonds is 6. The summed E-state index contributed by atoms with van der Waals surface area (Å²) in [6, 6.07) is 1.67. The van der Waals surface area contributed by atoms with Gasteiger partial charge >= 0.3 is 5.97 Å². The minimum atomic E-state index is -3.84. The molecule has 1 aromatic rings. The van der Waals surface area contributed by atoms with Gasteiger partial charge in [0.05, 0.1) is 4.34 Å². The molecule has 0 bridgehead atoms. The predicted molar refractivity (Wildman–Crippen MR) is 70.5 cm³/mol. The molecule has 2 N–H and O–H groups in total. The molecule has 1 heterocycles. The third-order valence-corrected chi connectivity index (χ3v) is 5.74. The maximum Gasteiger partial charge on any atom is 0.322 e. The van der Waals surface area contributed by atoms with Crippen molar-refractivity contribution in [2.24, 2.45) is 5.92 Å². The average molecular weight is 312 g/mol. The average Bonchev–Trinajstić information content (AvgIpc) is 2.72. The molecule has 0 aliphatic carbocycles. The van der Waals surface area contributed by atoms with Gasteiger partial charge in [-0.2, -0.15) is 4.72 Å². The second-order valence-corrected chi connectivity index (χ2v) is 7.54. The van der Waals surface area contributed by atoms with E-state index in [1.54, 1.807) is 13.8 Å². The third kappa shape index (κ3) is 3.68. The number of thiophene rings is 1. The molecule has 0 spiro atoms. The molecular weight excluding hydrogens is 298 g/mol. The van der Waals surface area contributed by atoms with Gasteiger partial charge in [0.25, 0.3) is 10.0 Å². The molecule has 8 heteroatoms. The van der Waals surface area contributed by atoms with Crippen molar-refractivity contribution in [3.63, 3.8) is 0 Å². The van der Waals surface area contributed by atoms with Crippen LogP contribution in [0.4, 0.5) is 0 Å². The number of hydrogen-bond donors (Lipinski definition) is 2. The van der Waals surface area contributed by atoms with Crippen molar-refractivity contribution in [3.05, 3.63) is 16.5 Å². The van der Waals surface area contributed by atoms with Crippen molar-refractivity contribution in [1.82, 2.24) is 4.72 Å². The van der Waals surface area contributed by atoms with Crippen LogP contribution in [0, 0.1) is 5.92 Å². The fraction of sp³-hybridized carbons (Fsp3) is 0.500. The van der Waals surface area contributed by atoms with Gasteiger partial charge in [0.15, 0.2) is 0 Å². The van der Waals surface area contributed by atoms with Gasteiger partial charge in [-0.25, -0.2) is 8.42 Å². The molecule has 0 aliphatic rings. The number of hydrogen-bond acceptors (Lipinski definition) is 4. The Morgan fingerprint density at radius 1 is 1.56 bits per heavy atom. The van der Waals surface area contributed by atoms with Crippen molar-refractivity contribution in [2.45, 2.75) is 30.5 Å². The minimum Gasteiger partial charge on any atom is -0.480 e. The molecule has 2 atom stereocenters. The van der Waals surface area contributed by atoms with Gasteiger partial charge in [0.2, 0.25) is 0 Å². The lowest BCUT2D eigenvalue weighted by atomic mass is 10.0. The molecule has 0 aliphatic heterocycles. The molecular formula is C10H14ClNO4S2. The van der Waals surface area contributed by atoms with E-state index in [-0.39, 0.29) is 10.1 Å². The number of sulfonamides is 1. The fourth-order valence-corrected chi connectivity index (χ4v) is 4.11. The molecule has 0 saturated heterocycles. The Morgan fingerprint density at radius 3 is 2.56 bits per heavy atom. The van der Waals surface area contributed by atoms with Gasteiger partial charge in [0, 0.05) is 0 Å². The highest BCUT2D eigenvalue weighted by molar-refractivity contribution is 7.91. The van der Waals surface area contributed by atoms with Crippen LogP contribution < -0.4 is 4.72 Å². The number of carbonyl (C=O) groups is 1. The largest absolute Gasteiger partial charge is 0.480 e. The number of carboxylic acid groups (broad SMARTS) is 1. The lowest BCUT2D eigenvalue weighted by Crippen LogP contribution is -2.44. The molecule has 102 valence electrons. The summed E-state index contributed by atoms with van der Waals surface area (Å²) in [7, 11) is -3.84. The van der Waals surface area contributed by atoms with Crippen molar-refractivity contribution in [1.29, 1.82) is 0 Å². The molecule has 18 heavy (non-hydrogen) atoms. The summed E-state index contributed by atoms with van der Waals surface area (Å²) >= 11 is 6.56. The monoisotopic (exact) mass is 311 g/mol. The first-order chi connectivity index (χ1) is 8.27. The van der Waals surface area contributed by atoms with Crippen LogP contribution in [0.15, 0.2) is 16.3 Å². The van der Waals surface area contributed by atoms with Crippen LogP contribution >= 0.6 is 22.9 Å². The maximum absolute atomic E-state index is 12.0.